The van der Waals surface area contributed by atoms with Crippen molar-refractivity contribution in [2.75, 3.05) is 11.4 Å². The van der Waals surface area contributed by atoms with Crippen LogP contribution in [0.3, 0.4) is 0 Å². The number of nitrogens with zero attached hydrogens (tertiary/aromatic N) is 2. The van der Waals surface area contributed by atoms with Gasteiger partial charge in [-0.15, -0.1) is 8.78 Å². The monoisotopic (exact) mass is 560 g/mol. The Kier molecular flexibility index (Phi) is 5.82. The molecule has 2 atom stereocenters. The van der Waals surface area contributed by atoms with E-state index in [0.717, 1.165) is 23.0 Å². The Morgan fingerprint density at radius 2 is 2.00 bits per heavy atom. The molecule has 0 radical (unpaired) electrons. The molecular weight excluding hydrogens is 538 g/mol. The molecule has 2 heterocycles. The van der Waals surface area contributed by atoms with E-state index in [-0.39, 0.29) is 41.9 Å². The third kappa shape index (κ3) is 4.23. The highest BCUT2D eigenvalue weighted by Crippen LogP contribution is 2.53. The molecule has 36 heavy (non-hydrogen) atoms. The Hall–Kier alpha value is -3.39. The summed E-state index contributed by atoms with van der Waals surface area (Å²) in [6, 6.07) is 9.97. The van der Waals surface area contributed by atoms with E-state index >= 15 is 0 Å². The van der Waals surface area contributed by atoms with Crippen molar-refractivity contribution in [2.45, 2.75) is 56.4 Å². The van der Waals surface area contributed by atoms with Crippen LogP contribution in [0.5, 0.6) is 11.5 Å². The van der Waals surface area contributed by atoms with E-state index in [2.05, 4.69) is 32.1 Å². The van der Waals surface area contributed by atoms with Crippen LogP contribution >= 0.6 is 15.9 Å². The van der Waals surface area contributed by atoms with Crippen molar-refractivity contribution in [1.82, 2.24) is 5.32 Å². The zero-order chi connectivity index (χ0) is 25.8. The van der Waals surface area contributed by atoms with E-state index < -0.39 is 23.6 Å². The summed E-state index contributed by atoms with van der Waals surface area (Å²) in [5.41, 5.74) is 6.19. The lowest BCUT2D eigenvalue weighted by molar-refractivity contribution is -0.286. The third-order valence-corrected chi connectivity index (χ3v) is 7.50. The van der Waals surface area contributed by atoms with E-state index in [1.54, 1.807) is 12.1 Å². The van der Waals surface area contributed by atoms with Gasteiger partial charge in [0.1, 0.15) is 11.6 Å². The fourth-order valence-corrected chi connectivity index (χ4v) is 5.48. The number of carbonyl (C=O) groups excluding carboxylic acids is 2. The zero-order valence-corrected chi connectivity index (χ0v) is 20.9. The molecule has 2 fully saturated rings. The lowest BCUT2D eigenvalue weighted by Crippen LogP contribution is -2.64. The second-order valence-electron chi connectivity index (χ2n) is 9.47. The van der Waals surface area contributed by atoms with Crippen LogP contribution in [0.2, 0.25) is 0 Å². The van der Waals surface area contributed by atoms with Gasteiger partial charge >= 0.3 is 6.29 Å². The fourth-order valence-electron chi connectivity index (χ4n) is 5.13. The van der Waals surface area contributed by atoms with Gasteiger partial charge < -0.3 is 25.4 Å². The molecule has 2 aromatic rings. The molecule has 0 aromatic heterocycles. The van der Waals surface area contributed by atoms with Crippen LogP contribution in [-0.4, -0.2) is 36.2 Å². The van der Waals surface area contributed by atoms with Crippen LogP contribution in [0.15, 0.2) is 34.8 Å². The number of nitriles is 1. The van der Waals surface area contributed by atoms with Crippen molar-refractivity contribution < 1.29 is 27.8 Å². The lowest BCUT2D eigenvalue weighted by atomic mass is 9.82. The maximum Gasteiger partial charge on any atom is 0.586 e. The van der Waals surface area contributed by atoms with Crippen molar-refractivity contribution in [3.05, 3.63) is 51.5 Å². The van der Waals surface area contributed by atoms with E-state index in [9.17, 15) is 23.6 Å². The number of rotatable bonds is 5. The Bertz CT molecular complexity index is 1310. The summed E-state index contributed by atoms with van der Waals surface area (Å²) in [6.45, 7) is 2.25. The minimum absolute atomic E-state index is 0.107. The summed E-state index contributed by atoms with van der Waals surface area (Å²) in [5, 5.41) is 12.4. The third-order valence-electron chi connectivity index (χ3n) is 7.01. The Labute approximate surface area is 214 Å². The molecule has 8 nitrogen and oxygen atoms in total. The molecule has 1 aliphatic carbocycles. The summed E-state index contributed by atoms with van der Waals surface area (Å²) in [6.07, 6.45) is -1.94. The maximum absolute atomic E-state index is 13.7. The van der Waals surface area contributed by atoms with E-state index in [1.165, 1.54) is 12.1 Å². The van der Waals surface area contributed by atoms with Crippen molar-refractivity contribution in [2.24, 2.45) is 5.73 Å². The van der Waals surface area contributed by atoms with Gasteiger partial charge in [-0.1, -0.05) is 15.9 Å². The van der Waals surface area contributed by atoms with E-state index in [0.29, 0.717) is 17.7 Å². The average molecular weight is 561 g/mol. The van der Waals surface area contributed by atoms with Crippen molar-refractivity contribution in [3.63, 3.8) is 0 Å². The predicted octanol–water partition coefficient (Wildman–Crippen LogP) is 4.16. The van der Waals surface area contributed by atoms with Crippen molar-refractivity contribution in [3.8, 4) is 17.6 Å². The zero-order valence-electron chi connectivity index (χ0n) is 19.3. The minimum atomic E-state index is -3.80. The van der Waals surface area contributed by atoms with Crippen LogP contribution < -0.4 is 25.4 Å². The van der Waals surface area contributed by atoms with Crippen molar-refractivity contribution >= 4 is 33.4 Å². The number of piperidine rings is 1. The number of amides is 2. The molecule has 188 valence electrons. The SMILES string of the molecule is CC1C[C@@](NC(=O)c2ccc3c(c2C2CC2)OC(F)(F)O3)(C(N)=O)CCN1c1cc(Br)ccc1C#N. The van der Waals surface area contributed by atoms with Gasteiger partial charge in [-0.25, -0.2) is 0 Å². The predicted molar refractivity (Wildman–Crippen MR) is 129 cm³/mol. The summed E-state index contributed by atoms with van der Waals surface area (Å²) in [7, 11) is 0. The number of alkyl halides is 2. The second-order valence-corrected chi connectivity index (χ2v) is 10.4. The van der Waals surface area contributed by atoms with Crippen molar-refractivity contribution in [1.29, 1.82) is 5.26 Å². The summed E-state index contributed by atoms with van der Waals surface area (Å²) >= 11 is 3.43. The smallest absolute Gasteiger partial charge is 0.395 e. The highest BCUT2D eigenvalue weighted by molar-refractivity contribution is 9.10. The fraction of sp³-hybridized carbons (Fsp3) is 0.400. The molecule has 2 aliphatic heterocycles. The van der Waals surface area contributed by atoms with Crippen LogP contribution in [0, 0.1) is 11.3 Å². The molecule has 1 unspecified atom stereocenters. The summed E-state index contributed by atoms with van der Waals surface area (Å²) in [4.78, 5) is 28.2. The quantitative estimate of drug-likeness (QED) is 0.566. The molecule has 1 saturated heterocycles. The number of hydrogen-bond donors (Lipinski definition) is 2. The largest absolute Gasteiger partial charge is 0.586 e. The van der Waals surface area contributed by atoms with Gasteiger partial charge in [-0.3, -0.25) is 9.59 Å². The lowest BCUT2D eigenvalue weighted by Gasteiger charge is -2.45. The highest BCUT2D eigenvalue weighted by Gasteiger charge is 2.49. The number of nitrogens with one attached hydrogen (secondary N) is 1. The van der Waals surface area contributed by atoms with Gasteiger partial charge in [0, 0.05) is 28.2 Å². The summed E-state index contributed by atoms with van der Waals surface area (Å²) < 4.78 is 37.6. The molecule has 2 aromatic carbocycles. The van der Waals surface area contributed by atoms with Gasteiger partial charge in [0.15, 0.2) is 11.5 Å². The molecule has 11 heteroatoms. The van der Waals surface area contributed by atoms with Crippen LogP contribution in [0.1, 0.15) is 60.0 Å². The van der Waals surface area contributed by atoms with E-state index in [4.69, 9.17) is 10.5 Å². The molecular formula is C25H23BrF2N4O4. The number of nitrogens with two attached hydrogens (primary N) is 1. The molecule has 5 rings (SSSR count). The topological polar surface area (TPSA) is 118 Å². The first-order chi connectivity index (χ1) is 17.0. The Morgan fingerprint density at radius 1 is 1.25 bits per heavy atom. The number of benzene rings is 2. The first-order valence-corrected chi connectivity index (χ1v) is 12.3. The number of ether oxygens (including phenoxy) is 2. The Morgan fingerprint density at radius 3 is 2.64 bits per heavy atom. The standard InChI is InChI=1S/C25H23BrF2N4O4/c1-13-11-24(23(30)34,8-9-32(13)18-10-16(26)5-4-15(18)12-29)31-22(33)17-6-7-19-21(20(17)14-2-3-14)36-25(27,28)35-19/h4-7,10,13-14H,2-3,8-9,11H2,1H3,(H2,30,34)(H,31,33)/t13?,24-/m1/s1. The number of fused-ring (bicyclic) bond motifs is 1. The normalized spacial score (nSPS) is 24.2. The first kappa shape index (κ1) is 24.3. The van der Waals surface area contributed by atoms with Gasteiger partial charge in [-0.05, 0) is 68.9 Å². The molecule has 2 amide bonds. The Balaban J connectivity index is 1.42. The van der Waals surface area contributed by atoms with Gasteiger partial charge in [0.2, 0.25) is 5.91 Å². The average Bonchev–Trinajstić information content (AvgIpc) is 3.59. The summed E-state index contributed by atoms with van der Waals surface area (Å²) in [5.74, 6) is -1.63. The maximum atomic E-state index is 13.7. The molecule has 0 bridgehead atoms. The van der Waals surface area contributed by atoms with Gasteiger partial charge in [0.25, 0.3) is 5.91 Å². The van der Waals surface area contributed by atoms with Crippen LogP contribution in [0.4, 0.5) is 14.5 Å². The highest BCUT2D eigenvalue weighted by atomic mass is 79.9. The first-order valence-electron chi connectivity index (χ1n) is 11.5. The molecule has 1 saturated carbocycles. The van der Waals surface area contributed by atoms with E-state index in [1.807, 2.05) is 17.9 Å². The van der Waals surface area contributed by atoms with Gasteiger partial charge in [0.05, 0.1) is 11.3 Å². The minimum Gasteiger partial charge on any atom is -0.395 e. The number of primary amides is 1. The second kappa shape index (κ2) is 8.62. The van der Waals surface area contributed by atoms with Gasteiger partial charge in [-0.2, -0.15) is 5.26 Å². The number of carbonyl (C=O) groups is 2. The van der Waals surface area contributed by atoms with Crippen LogP contribution in [-0.2, 0) is 4.79 Å². The van der Waals surface area contributed by atoms with Crippen LogP contribution in [0.25, 0.3) is 0 Å². The number of hydrogen-bond acceptors (Lipinski definition) is 6. The number of anilines is 1. The molecule has 0 spiro atoms. The molecule has 3 aliphatic rings. The number of halogens is 3. The molecule has 3 N–H and O–H groups in total.